The topological polar surface area (TPSA) is 78.5 Å². The van der Waals surface area contributed by atoms with Gasteiger partial charge in [-0.3, -0.25) is 14.4 Å². The van der Waals surface area contributed by atoms with E-state index in [-0.39, 0.29) is 29.7 Å². The summed E-state index contributed by atoms with van der Waals surface area (Å²) in [4.78, 5) is 39.3. The molecule has 1 saturated heterocycles. The molecule has 1 aliphatic rings. The SMILES string of the molecule is CC[C@H](C)NC(=O)C1CCN(C(=O)c2ccc(NC(=O)c3ccc(C)cc3)cc2)CC1. The smallest absolute Gasteiger partial charge is 0.255 e. The van der Waals surface area contributed by atoms with E-state index in [0.717, 1.165) is 12.0 Å². The quantitative estimate of drug-likeness (QED) is 0.740. The van der Waals surface area contributed by atoms with Crippen LogP contribution < -0.4 is 10.6 Å². The number of carbonyl (C=O) groups is 3. The molecule has 6 nitrogen and oxygen atoms in total. The molecule has 31 heavy (non-hydrogen) atoms. The number of hydrogen-bond donors (Lipinski definition) is 2. The number of benzene rings is 2. The van der Waals surface area contributed by atoms with Crippen LogP contribution in [0.4, 0.5) is 5.69 Å². The molecule has 164 valence electrons. The zero-order chi connectivity index (χ0) is 22.4. The number of carbonyl (C=O) groups excluding carboxylic acids is 3. The summed E-state index contributed by atoms with van der Waals surface area (Å²) in [6, 6.07) is 14.5. The minimum Gasteiger partial charge on any atom is -0.353 e. The Morgan fingerprint density at radius 3 is 2.13 bits per heavy atom. The minimum absolute atomic E-state index is 0.0302. The van der Waals surface area contributed by atoms with Crippen molar-refractivity contribution in [1.82, 2.24) is 10.2 Å². The van der Waals surface area contributed by atoms with Crippen molar-refractivity contribution in [3.8, 4) is 0 Å². The first-order valence-electron chi connectivity index (χ1n) is 10.9. The monoisotopic (exact) mass is 421 g/mol. The normalized spacial score (nSPS) is 15.3. The number of likely N-dealkylation sites (tertiary alicyclic amines) is 1. The van der Waals surface area contributed by atoms with Crippen molar-refractivity contribution >= 4 is 23.4 Å². The van der Waals surface area contributed by atoms with E-state index < -0.39 is 0 Å². The first-order valence-corrected chi connectivity index (χ1v) is 10.9. The third-order valence-electron chi connectivity index (χ3n) is 5.86. The molecule has 2 aromatic rings. The summed E-state index contributed by atoms with van der Waals surface area (Å²) in [5.74, 6) is -0.165. The number of piperidine rings is 1. The maximum absolute atomic E-state index is 12.8. The van der Waals surface area contributed by atoms with Crippen molar-refractivity contribution in [2.45, 2.75) is 46.1 Å². The second-order valence-corrected chi connectivity index (χ2v) is 8.28. The van der Waals surface area contributed by atoms with Crippen LogP contribution in [-0.4, -0.2) is 41.8 Å². The molecule has 0 unspecified atom stereocenters. The highest BCUT2D eigenvalue weighted by atomic mass is 16.2. The molecule has 2 aromatic carbocycles. The summed E-state index contributed by atoms with van der Waals surface area (Å²) in [5.41, 5.74) is 2.91. The number of rotatable bonds is 6. The third-order valence-corrected chi connectivity index (χ3v) is 5.86. The molecule has 3 rings (SSSR count). The van der Waals surface area contributed by atoms with Crippen LogP contribution in [0.2, 0.25) is 0 Å². The van der Waals surface area contributed by atoms with Crippen molar-refractivity contribution in [3.05, 3.63) is 65.2 Å². The average molecular weight is 422 g/mol. The van der Waals surface area contributed by atoms with Crippen molar-refractivity contribution in [3.63, 3.8) is 0 Å². The Balaban J connectivity index is 1.53. The van der Waals surface area contributed by atoms with Crippen LogP contribution in [0.25, 0.3) is 0 Å². The summed E-state index contributed by atoms with van der Waals surface area (Å²) in [6.45, 7) is 7.17. The Bertz CT molecular complexity index is 914. The molecule has 0 radical (unpaired) electrons. The summed E-state index contributed by atoms with van der Waals surface area (Å²) in [5, 5.41) is 5.89. The Hall–Kier alpha value is -3.15. The molecule has 1 fully saturated rings. The van der Waals surface area contributed by atoms with E-state index >= 15 is 0 Å². The van der Waals surface area contributed by atoms with Crippen molar-refractivity contribution in [2.24, 2.45) is 5.92 Å². The fraction of sp³-hybridized carbons (Fsp3) is 0.400. The average Bonchev–Trinajstić information content (AvgIpc) is 2.79. The van der Waals surface area contributed by atoms with Gasteiger partial charge in [0, 0.05) is 41.9 Å². The predicted octanol–water partition coefficient (Wildman–Crippen LogP) is 4.01. The van der Waals surface area contributed by atoms with E-state index in [1.165, 1.54) is 0 Å². The molecule has 1 aliphatic heterocycles. The molecule has 0 aliphatic carbocycles. The van der Waals surface area contributed by atoms with Crippen molar-refractivity contribution in [1.29, 1.82) is 0 Å². The first kappa shape index (κ1) is 22.5. The van der Waals surface area contributed by atoms with Crippen LogP contribution >= 0.6 is 0 Å². The highest BCUT2D eigenvalue weighted by Gasteiger charge is 2.28. The number of nitrogens with zero attached hydrogens (tertiary/aromatic N) is 1. The van der Waals surface area contributed by atoms with Crippen LogP contribution in [0.5, 0.6) is 0 Å². The lowest BCUT2D eigenvalue weighted by atomic mass is 9.95. The Labute approximate surface area is 184 Å². The van der Waals surface area contributed by atoms with Gasteiger partial charge in [0.15, 0.2) is 0 Å². The third kappa shape index (κ3) is 5.94. The van der Waals surface area contributed by atoms with Crippen LogP contribution in [0.15, 0.2) is 48.5 Å². The summed E-state index contributed by atoms with van der Waals surface area (Å²) in [6.07, 6.45) is 2.27. The minimum atomic E-state index is -0.184. The summed E-state index contributed by atoms with van der Waals surface area (Å²) < 4.78 is 0. The number of nitrogens with one attached hydrogen (secondary N) is 2. The second kappa shape index (κ2) is 10.2. The predicted molar refractivity (Wildman–Crippen MR) is 122 cm³/mol. The summed E-state index contributed by atoms with van der Waals surface area (Å²) in [7, 11) is 0. The van der Waals surface area contributed by atoms with Gasteiger partial charge in [0.1, 0.15) is 0 Å². The number of aryl methyl sites for hydroxylation is 1. The van der Waals surface area contributed by atoms with Gasteiger partial charge in [-0.25, -0.2) is 0 Å². The molecule has 1 heterocycles. The molecule has 3 amide bonds. The first-order chi connectivity index (χ1) is 14.9. The number of anilines is 1. The molecule has 0 bridgehead atoms. The lowest BCUT2D eigenvalue weighted by Gasteiger charge is -2.32. The molecule has 6 heteroatoms. The van der Waals surface area contributed by atoms with Gasteiger partial charge in [-0.1, -0.05) is 24.6 Å². The largest absolute Gasteiger partial charge is 0.353 e. The van der Waals surface area contributed by atoms with Crippen LogP contribution in [0.3, 0.4) is 0 Å². The number of hydrogen-bond acceptors (Lipinski definition) is 3. The lowest BCUT2D eigenvalue weighted by Crippen LogP contribution is -2.44. The van der Waals surface area contributed by atoms with Gasteiger partial charge in [0.25, 0.3) is 11.8 Å². The van der Waals surface area contributed by atoms with E-state index in [1.54, 1.807) is 41.3 Å². The molecular weight excluding hydrogens is 390 g/mol. The molecule has 2 N–H and O–H groups in total. The van der Waals surface area contributed by atoms with Gasteiger partial charge in [0.05, 0.1) is 0 Å². The van der Waals surface area contributed by atoms with E-state index in [1.807, 2.05) is 32.9 Å². The molecular formula is C25H31N3O3. The maximum Gasteiger partial charge on any atom is 0.255 e. The van der Waals surface area contributed by atoms with Crippen LogP contribution in [-0.2, 0) is 4.79 Å². The lowest BCUT2D eigenvalue weighted by molar-refractivity contribution is -0.126. The van der Waals surface area contributed by atoms with Gasteiger partial charge in [-0.2, -0.15) is 0 Å². The van der Waals surface area contributed by atoms with Gasteiger partial charge in [-0.15, -0.1) is 0 Å². The van der Waals surface area contributed by atoms with Crippen LogP contribution in [0, 0.1) is 12.8 Å². The maximum atomic E-state index is 12.8. The van der Waals surface area contributed by atoms with Gasteiger partial charge in [0.2, 0.25) is 5.91 Å². The Morgan fingerprint density at radius 1 is 0.968 bits per heavy atom. The highest BCUT2D eigenvalue weighted by Crippen LogP contribution is 2.20. The Morgan fingerprint density at radius 2 is 1.55 bits per heavy atom. The zero-order valence-electron chi connectivity index (χ0n) is 18.5. The van der Waals surface area contributed by atoms with Crippen LogP contribution in [0.1, 0.15) is 59.4 Å². The van der Waals surface area contributed by atoms with E-state index in [0.29, 0.717) is 42.7 Å². The van der Waals surface area contributed by atoms with E-state index in [9.17, 15) is 14.4 Å². The van der Waals surface area contributed by atoms with Gasteiger partial charge in [-0.05, 0) is 69.5 Å². The fourth-order valence-corrected chi connectivity index (χ4v) is 3.59. The van der Waals surface area contributed by atoms with Gasteiger partial charge >= 0.3 is 0 Å². The summed E-state index contributed by atoms with van der Waals surface area (Å²) >= 11 is 0. The molecule has 0 spiro atoms. The second-order valence-electron chi connectivity index (χ2n) is 8.28. The van der Waals surface area contributed by atoms with E-state index in [4.69, 9.17) is 0 Å². The standard InChI is InChI=1S/C25H31N3O3/c1-4-18(3)26-23(29)20-13-15-28(16-14-20)25(31)21-9-11-22(12-10-21)27-24(30)19-7-5-17(2)6-8-19/h5-12,18,20H,4,13-16H2,1-3H3,(H,26,29)(H,27,30)/t18-/m0/s1. The number of amides is 3. The molecule has 0 aromatic heterocycles. The van der Waals surface area contributed by atoms with Crippen molar-refractivity contribution in [2.75, 3.05) is 18.4 Å². The zero-order valence-corrected chi connectivity index (χ0v) is 18.5. The van der Waals surface area contributed by atoms with E-state index in [2.05, 4.69) is 10.6 Å². The van der Waals surface area contributed by atoms with Gasteiger partial charge < -0.3 is 15.5 Å². The fourth-order valence-electron chi connectivity index (χ4n) is 3.59. The Kier molecular flexibility index (Phi) is 7.45. The highest BCUT2D eigenvalue weighted by molar-refractivity contribution is 6.04. The van der Waals surface area contributed by atoms with Crippen molar-refractivity contribution < 1.29 is 14.4 Å². The molecule has 1 atom stereocenters. The molecule has 0 saturated carbocycles.